The highest BCUT2D eigenvalue weighted by Gasteiger charge is 2.42. The summed E-state index contributed by atoms with van der Waals surface area (Å²) in [6, 6.07) is 0.638. The Morgan fingerprint density at radius 1 is 0.773 bits per heavy atom. The van der Waals surface area contributed by atoms with Gasteiger partial charge in [0.1, 0.15) is 0 Å². The van der Waals surface area contributed by atoms with Gasteiger partial charge in [0.25, 0.3) is 0 Å². The maximum atomic E-state index is 12.7. The SMILES string of the molecule is CCOP(=O)(CC[Si](C)(O[Si](C)(C)C)O[Si](C)(C)C)OCC. The Labute approximate surface area is 140 Å². The van der Waals surface area contributed by atoms with Crippen LogP contribution < -0.4 is 0 Å². The summed E-state index contributed by atoms with van der Waals surface area (Å²) in [5.41, 5.74) is 0. The molecule has 0 radical (unpaired) electrons. The van der Waals surface area contributed by atoms with Crippen LogP contribution in [0.2, 0.25) is 51.9 Å². The van der Waals surface area contributed by atoms with Crippen molar-refractivity contribution < 1.29 is 21.8 Å². The van der Waals surface area contributed by atoms with Gasteiger partial charge >= 0.3 is 16.2 Å². The molecule has 134 valence electrons. The second-order valence-electron chi connectivity index (χ2n) is 7.48. The Morgan fingerprint density at radius 3 is 1.41 bits per heavy atom. The first-order chi connectivity index (χ1) is 9.74. The summed E-state index contributed by atoms with van der Waals surface area (Å²) in [6.07, 6.45) is 0.367. The monoisotopic (exact) mass is 386 g/mol. The van der Waals surface area contributed by atoms with E-state index >= 15 is 0 Å². The zero-order valence-electron chi connectivity index (χ0n) is 15.8. The van der Waals surface area contributed by atoms with E-state index in [9.17, 15) is 4.57 Å². The smallest absolute Gasteiger partial charge is 0.330 e. The first-order valence-electron chi connectivity index (χ1n) is 8.03. The minimum absolute atomic E-state index is 0.367. The van der Waals surface area contributed by atoms with Crippen molar-refractivity contribution in [2.45, 2.75) is 65.7 Å². The molecule has 0 aliphatic carbocycles. The molecule has 0 amide bonds. The van der Waals surface area contributed by atoms with Crippen LogP contribution >= 0.6 is 7.60 Å². The fourth-order valence-corrected chi connectivity index (χ4v) is 17.9. The normalized spacial score (nSPS) is 14.4. The van der Waals surface area contributed by atoms with Crippen molar-refractivity contribution in [3.8, 4) is 0 Å². The highest BCUT2D eigenvalue weighted by atomic mass is 31.2. The van der Waals surface area contributed by atoms with Crippen LogP contribution in [0.1, 0.15) is 13.8 Å². The first-order valence-corrected chi connectivity index (χ1v) is 19.1. The summed E-state index contributed by atoms with van der Waals surface area (Å²) in [7, 11) is -8.91. The lowest BCUT2D eigenvalue weighted by Crippen LogP contribution is -2.52. The van der Waals surface area contributed by atoms with Gasteiger partial charge in [0, 0.05) is 6.04 Å². The van der Waals surface area contributed by atoms with Crippen LogP contribution in [0.3, 0.4) is 0 Å². The first kappa shape index (κ1) is 22.7. The molecule has 0 bridgehead atoms. The molecule has 0 aromatic heterocycles. The van der Waals surface area contributed by atoms with Gasteiger partial charge in [-0.1, -0.05) is 0 Å². The van der Waals surface area contributed by atoms with Gasteiger partial charge < -0.3 is 17.3 Å². The van der Waals surface area contributed by atoms with Gasteiger partial charge in [-0.25, -0.2) is 0 Å². The molecule has 5 nitrogen and oxygen atoms in total. The van der Waals surface area contributed by atoms with Crippen molar-refractivity contribution in [3.63, 3.8) is 0 Å². The van der Waals surface area contributed by atoms with Gasteiger partial charge in [-0.05, 0) is 59.7 Å². The Balaban J connectivity index is 5.08. The molecule has 0 heterocycles. The van der Waals surface area contributed by atoms with Gasteiger partial charge in [-0.3, -0.25) is 4.57 Å². The summed E-state index contributed by atoms with van der Waals surface area (Å²) in [6.45, 7) is 19.5. The van der Waals surface area contributed by atoms with E-state index in [1.54, 1.807) is 0 Å². The van der Waals surface area contributed by atoms with Crippen LogP contribution in [-0.4, -0.2) is 44.6 Å². The van der Waals surface area contributed by atoms with Crippen molar-refractivity contribution in [1.82, 2.24) is 0 Å². The number of rotatable bonds is 11. The van der Waals surface area contributed by atoms with Gasteiger partial charge in [-0.2, -0.15) is 0 Å². The van der Waals surface area contributed by atoms with Gasteiger partial charge in [0.2, 0.25) is 0 Å². The van der Waals surface area contributed by atoms with E-state index < -0.39 is 32.8 Å². The zero-order valence-corrected chi connectivity index (χ0v) is 19.7. The molecule has 0 N–H and O–H groups in total. The minimum atomic E-state index is -3.04. The second-order valence-corrected chi connectivity index (χ2v) is 22.5. The molecule has 9 heteroatoms. The third-order valence-corrected chi connectivity index (χ3v) is 14.5. The predicted molar refractivity (Wildman–Crippen MR) is 101 cm³/mol. The average molecular weight is 387 g/mol. The summed E-state index contributed by atoms with van der Waals surface area (Å²) in [5.74, 6) is 0. The molecule has 0 saturated heterocycles. The second kappa shape index (κ2) is 8.71. The van der Waals surface area contributed by atoms with Gasteiger partial charge in [0.15, 0.2) is 16.6 Å². The van der Waals surface area contributed by atoms with E-state index in [1.807, 2.05) is 13.8 Å². The Bertz CT molecular complexity index is 353. The molecule has 22 heavy (non-hydrogen) atoms. The molecular formula is C13H35O5PSi3. The molecule has 0 aliphatic rings. The highest BCUT2D eigenvalue weighted by Crippen LogP contribution is 2.49. The van der Waals surface area contributed by atoms with Crippen molar-refractivity contribution in [2.75, 3.05) is 19.4 Å². The van der Waals surface area contributed by atoms with Gasteiger partial charge in [-0.15, -0.1) is 0 Å². The highest BCUT2D eigenvalue weighted by molar-refractivity contribution is 7.54. The van der Waals surface area contributed by atoms with E-state index in [-0.39, 0.29) is 0 Å². The van der Waals surface area contributed by atoms with E-state index in [1.165, 1.54) is 0 Å². The fourth-order valence-electron chi connectivity index (χ4n) is 2.32. The summed E-state index contributed by atoms with van der Waals surface area (Å²) < 4.78 is 36.3. The van der Waals surface area contributed by atoms with Crippen LogP contribution in [0, 0.1) is 0 Å². The van der Waals surface area contributed by atoms with Gasteiger partial charge in [0.05, 0.1) is 19.4 Å². The van der Waals surface area contributed by atoms with E-state index in [2.05, 4.69) is 45.8 Å². The van der Waals surface area contributed by atoms with Crippen molar-refractivity contribution in [1.29, 1.82) is 0 Å². The lowest BCUT2D eigenvalue weighted by Gasteiger charge is -2.38. The number of hydrogen-bond donors (Lipinski definition) is 0. The minimum Gasteiger partial charge on any atom is -0.437 e. The zero-order chi connectivity index (χ0) is 17.7. The predicted octanol–water partition coefficient (Wildman–Crippen LogP) is 5.03. The molecule has 0 rings (SSSR count). The van der Waals surface area contributed by atoms with Crippen LogP contribution in [0.5, 0.6) is 0 Å². The quantitative estimate of drug-likeness (QED) is 0.368. The molecular weight excluding hydrogens is 351 g/mol. The summed E-state index contributed by atoms with van der Waals surface area (Å²) in [5, 5.41) is 0. The molecule has 0 fully saturated rings. The summed E-state index contributed by atoms with van der Waals surface area (Å²) >= 11 is 0. The van der Waals surface area contributed by atoms with Crippen LogP contribution in [0.4, 0.5) is 0 Å². The largest absolute Gasteiger partial charge is 0.437 e. The molecule has 0 saturated carbocycles. The van der Waals surface area contributed by atoms with Crippen LogP contribution in [0.25, 0.3) is 0 Å². The maximum Gasteiger partial charge on any atom is 0.330 e. The molecule has 0 spiro atoms. The Morgan fingerprint density at radius 2 is 1.14 bits per heavy atom. The lowest BCUT2D eigenvalue weighted by molar-refractivity contribution is 0.220. The summed E-state index contributed by atoms with van der Waals surface area (Å²) in [4.78, 5) is 0. The van der Waals surface area contributed by atoms with Crippen molar-refractivity contribution in [2.24, 2.45) is 0 Å². The fraction of sp³-hybridized carbons (Fsp3) is 1.00. The number of hydrogen-bond acceptors (Lipinski definition) is 5. The Kier molecular flexibility index (Phi) is 9.00. The van der Waals surface area contributed by atoms with E-state index in [0.717, 1.165) is 0 Å². The molecule has 0 aromatic carbocycles. The van der Waals surface area contributed by atoms with Crippen LogP contribution in [0.15, 0.2) is 0 Å². The molecule has 0 atom stereocenters. The maximum absolute atomic E-state index is 12.7. The van der Waals surface area contributed by atoms with Crippen LogP contribution in [-0.2, 0) is 21.8 Å². The Hall–Kier alpha value is 0.721. The molecule has 0 aliphatic heterocycles. The lowest BCUT2D eigenvalue weighted by atomic mass is 10.9. The van der Waals surface area contributed by atoms with Crippen molar-refractivity contribution in [3.05, 3.63) is 0 Å². The molecule has 0 unspecified atom stereocenters. The molecule has 0 aromatic rings. The topological polar surface area (TPSA) is 54.0 Å². The standard InChI is InChI=1S/C13H35O5PSi3/c1-10-15-19(14,16-11-2)12-13-22(9,17-20(3,4)5)18-21(6,7)8/h10-13H2,1-9H3. The third-order valence-electron chi connectivity index (χ3n) is 2.54. The van der Waals surface area contributed by atoms with E-state index in [0.29, 0.717) is 25.4 Å². The average Bonchev–Trinajstić information content (AvgIpc) is 2.22. The van der Waals surface area contributed by atoms with Crippen molar-refractivity contribution >= 4 is 32.8 Å². The van der Waals surface area contributed by atoms with E-state index in [4.69, 9.17) is 17.3 Å². The third kappa shape index (κ3) is 10.5.